The molecule has 1 atom stereocenters. The Morgan fingerprint density at radius 3 is 2.69 bits per heavy atom. The molecule has 1 aromatic carbocycles. The van der Waals surface area contributed by atoms with Crippen molar-refractivity contribution in [3.63, 3.8) is 0 Å². The largest absolute Gasteiger partial charge is 0.378 e. The van der Waals surface area contributed by atoms with Crippen molar-refractivity contribution < 1.29 is 5.11 Å². The van der Waals surface area contributed by atoms with E-state index in [4.69, 9.17) is 10.4 Å². The summed E-state index contributed by atoms with van der Waals surface area (Å²) < 4.78 is 0. The molecule has 1 aromatic rings. The SMILES string of the molecule is N#CC(O)CCSc1ccccc1. The number of aliphatic hydroxyl groups is 1. The van der Waals surface area contributed by atoms with E-state index in [-0.39, 0.29) is 0 Å². The summed E-state index contributed by atoms with van der Waals surface area (Å²) in [5, 5.41) is 17.3. The number of nitriles is 1. The highest BCUT2D eigenvalue weighted by atomic mass is 32.2. The maximum absolute atomic E-state index is 8.96. The third kappa shape index (κ3) is 3.97. The lowest BCUT2D eigenvalue weighted by Crippen LogP contribution is -2.02. The number of rotatable bonds is 4. The standard InChI is InChI=1S/C10H11NOS/c11-8-9(12)6-7-13-10-4-2-1-3-5-10/h1-5,9,12H,6-7H2. The Labute approximate surface area is 82.2 Å². The molecular weight excluding hydrogens is 182 g/mol. The molecule has 2 nitrogen and oxygen atoms in total. The van der Waals surface area contributed by atoms with E-state index in [9.17, 15) is 0 Å². The van der Waals surface area contributed by atoms with Gasteiger partial charge < -0.3 is 5.11 Å². The fraction of sp³-hybridized carbons (Fsp3) is 0.300. The predicted molar refractivity (Wildman–Crippen MR) is 53.4 cm³/mol. The highest BCUT2D eigenvalue weighted by Crippen LogP contribution is 2.18. The summed E-state index contributed by atoms with van der Waals surface area (Å²) in [7, 11) is 0. The van der Waals surface area contributed by atoms with Crippen molar-refractivity contribution in [2.45, 2.75) is 17.4 Å². The van der Waals surface area contributed by atoms with Gasteiger partial charge in [0.1, 0.15) is 6.10 Å². The van der Waals surface area contributed by atoms with Crippen LogP contribution in [0.2, 0.25) is 0 Å². The van der Waals surface area contributed by atoms with E-state index in [0.29, 0.717) is 6.42 Å². The smallest absolute Gasteiger partial charge is 0.141 e. The Morgan fingerprint density at radius 1 is 1.38 bits per heavy atom. The molecule has 0 spiro atoms. The minimum absolute atomic E-state index is 0.524. The molecule has 1 rings (SSSR count). The summed E-state index contributed by atoms with van der Waals surface area (Å²) in [6.07, 6.45) is -0.299. The van der Waals surface area contributed by atoms with E-state index in [2.05, 4.69) is 0 Å². The zero-order valence-corrected chi connectivity index (χ0v) is 8.00. The molecule has 13 heavy (non-hydrogen) atoms. The van der Waals surface area contributed by atoms with Crippen LogP contribution in [0.25, 0.3) is 0 Å². The zero-order valence-electron chi connectivity index (χ0n) is 7.18. The first kappa shape index (κ1) is 10.1. The van der Waals surface area contributed by atoms with Gasteiger partial charge in [-0.25, -0.2) is 0 Å². The molecule has 0 amide bonds. The van der Waals surface area contributed by atoms with Gasteiger partial charge in [-0.15, -0.1) is 11.8 Å². The molecule has 68 valence electrons. The highest BCUT2D eigenvalue weighted by molar-refractivity contribution is 7.99. The van der Waals surface area contributed by atoms with Crippen LogP contribution in [0.5, 0.6) is 0 Å². The van der Waals surface area contributed by atoms with Crippen molar-refractivity contribution >= 4 is 11.8 Å². The molecule has 3 heteroatoms. The summed E-state index contributed by atoms with van der Waals surface area (Å²) in [5.74, 6) is 0.777. The highest BCUT2D eigenvalue weighted by Gasteiger charge is 2.00. The second-order valence-corrected chi connectivity index (χ2v) is 3.76. The number of thioether (sulfide) groups is 1. The summed E-state index contributed by atoms with van der Waals surface area (Å²) >= 11 is 1.65. The van der Waals surface area contributed by atoms with Crippen LogP contribution in [-0.4, -0.2) is 17.0 Å². The van der Waals surface area contributed by atoms with Crippen molar-refractivity contribution in [2.24, 2.45) is 0 Å². The van der Waals surface area contributed by atoms with Crippen molar-refractivity contribution in [3.05, 3.63) is 30.3 Å². The van der Waals surface area contributed by atoms with E-state index >= 15 is 0 Å². The number of hydrogen-bond donors (Lipinski definition) is 1. The normalized spacial score (nSPS) is 12.0. The van der Waals surface area contributed by atoms with E-state index in [1.54, 1.807) is 17.8 Å². The van der Waals surface area contributed by atoms with Gasteiger partial charge >= 0.3 is 0 Å². The molecule has 1 unspecified atom stereocenters. The predicted octanol–water partition coefficient (Wildman–Crippen LogP) is 2.05. The van der Waals surface area contributed by atoms with E-state index in [1.807, 2.05) is 30.3 Å². The Hall–Kier alpha value is -0.980. The fourth-order valence-corrected chi connectivity index (χ4v) is 1.80. The van der Waals surface area contributed by atoms with Crippen molar-refractivity contribution in [1.29, 1.82) is 5.26 Å². The molecule has 0 aliphatic carbocycles. The van der Waals surface area contributed by atoms with Crippen LogP contribution >= 0.6 is 11.8 Å². The Balaban J connectivity index is 2.25. The van der Waals surface area contributed by atoms with Gasteiger partial charge in [0.15, 0.2) is 0 Å². The monoisotopic (exact) mass is 193 g/mol. The van der Waals surface area contributed by atoms with E-state index in [0.717, 1.165) is 5.75 Å². The second-order valence-electron chi connectivity index (χ2n) is 2.60. The van der Waals surface area contributed by atoms with Crippen LogP contribution in [0.15, 0.2) is 35.2 Å². The quantitative estimate of drug-likeness (QED) is 0.588. The van der Waals surface area contributed by atoms with Crippen LogP contribution in [0.1, 0.15) is 6.42 Å². The van der Waals surface area contributed by atoms with E-state index < -0.39 is 6.10 Å². The van der Waals surface area contributed by atoms with Gasteiger partial charge in [0.05, 0.1) is 6.07 Å². The van der Waals surface area contributed by atoms with Gasteiger partial charge in [-0.3, -0.25) is 0 Å². The first-order valence-corrected chi connectivity index (χ1v) is 5.07. The number of nitrogens with zero attached hydrogens (tertiary/aromatic N) is 1. The summed E-state index contributed by atoms with van der Waals surface area (Å²) in [6.45, 7) is 0. The first-order chi connectivity index (χ1) is 6.33. The third-order valence-corrected chi connectivity index (χ3v) is 2.60. The van der Waals surface area contributed by atoms with Gasteiger partial charge in [-0.05, 0) is 18.6 Å². The summed E-state index contributed by atoms with van der Waals surface area (Å²) in [6, 6.07) is 11.7. The molecule has 0 aromatic heterocycles. The van der Waals surface area contributed by atoms with E-state index in [1.165, 1.54) is 4.90 Å². The van der Waals surface area contributed by atoms with Gasteiger partial charge in [0.25, 0.3) is 0 Å². The van der Waals surface area contributed by atoms with Crippen LogP contribution < -0.4 is 0 Å². The third-order valence-electron chi connectivity index (χ3n) is 1.55. The average molecular weight is 193 g/mol. The minimum atomic E-state index is -0.823. The molecular formula is C10H11NOS. The number of benzene rings is 1. The summed E-state index contributed by atoms with van der Waals surface area (Å²) in [5.41, 5.74) is 0. The van der Waals surface area contributed by atoms with Crippen LogP contribution in [-0.2, 0) is 0 Å². The van der Waals surface area contributed by atoms with Gasteiger partial charge in [-0.1, -0.05) is 18.2 Å². The van der Waals surface area contributed by atoms with Gasteiger partial charge in [-0.2, -0.15) is 5.26 Å². The molecule has 0 aliphatic rings. The lowest BCUT2D eigenvalue weighted by Gasteiger charge is -2.01. The van der Waals surface area contributed by atoms with Gasteiger partial charge in [0, 0.05) is 10.6 Å². The summed E-state index contributed by atoms with van der Waals surface area (Å²) in [4.78, 5) is 1.17. The maximum Gasteiger partial charge on any atom is 0.141 e. The number of aliphatic hydroxyl groups excluding tert-OH is 1. The maximum atomic E-state index is 8.96. The fourth-order valence-electron chi connectivity index (χ4n) is 0.870. The van der Waals surface area contributed by atoms with Crippen molar-refractivity contribution in [2.75, 3.05) is 5.75 Å². The van der Waals surface area contributed by atoms with Gasteiger partial charge in [0.2, 0.25) is 0 Å². The number of hydrogen-bond acceptors (Lipinski definition) is 3. The zero-order chi connectivity index (χ0) is 9.52. The topological polar surface area (TPSA) is 44.0 Å². The average Bonchev–Trinajstić information content (AvgIpc) is 2.19. The molecule has 0 fully saturated rings. The van der Waals surface area contributed by atoms with Crippen molar-refractivity contribution in [1.82, 2.24) is 0 Å². The Kier molecular flexibility index (Phi) is 4.37. The Bertz CT molecular complexity index is 281. The van der Waals surface area contributed by atoms with Crippen LogP contribution in [0.3, 0.4) is 0 Å². The first-order valence-electron chi connectivity index (χ1n) is 4.08. The molecule has 0 bridgehead atoms. The lowest BCUT2D eigenvalue weighted by atomic mass is 10.3. The van der Waals surface area contributed by atoms with Crippen LogP contribution in [0, 0.1) is 11.3 Å². The molecule has 0 heterocycles. The minimum Gasteiger partial charge on any atom is -0.378 e. The lowest BCUT2D eigenvalue weighted by molar-refractivity contribution is 0.227. The molecule has 1 N–H and O–H groups in total. The molecule has 0 radical (unpaired) electrons. The molecule has 0 saturated carbocycles. The molecule has 0 saturated heterocycles. The van der Waals surface area contributed by atoms with Crippen molar-refractivity contribution in [3.8, 4) is 6.07 Å². The Morgan fingerprint density at radius 2 is 2.08 bits per heavy atom. The molecule has 0 aliphatic heterocycles. The second kappa shape index (κ2) is 5.63. The van der Waals surface area contributed by atoms with Crippen LogP contribution in [0.4, 0.5) is 0 Å².